The number of rotatable bonds is 8. The molecule has 1 heterocycles. The van der Waals surface area contributed by atoms with Crippen LogP contribution in [0.25, 0.3) is 0 Å². The summed E-state index contributed by atoms with van der Waals surface area (Å²) in [6.07, 6.45) is 1.68. The fourth-order valence-corrected chi connectivity index (χ4v) is 3.51. The van der Waals surface area contributed by atoms with Crippen LogP contribution in [0, 0.1) is 0 Å². The van der Waals surface area contributed by atoms with E-state index in [9.17, 15) is 9.59 Å². The van der Waals surface area contributed by atoms with Crippen molar-refractivity contribution in [3.05, 3.63) is 82.0 Å². The van der Waals surface area contributed by atoms with Gasteiger partial charge in [0.15, 0.2) is 0 Å². The van der Waals surface area contributed by atoms with E-state index in [1.165, 1.54) is 12.7 Å². The van der Waals surface area contributed by atoms with Gasteiger partial charge >= 0.3 is 6.03 Å². The minimum Gasteiger partial charge on any atom is -0.378 e. The Hall–Kier alpha value is -2.83. The number of urea groups is 1. The van der Waals surface area contributed by atoms with Gasteiger partial charge in [0.2, 0.25) is 0 Å². The molecule has 3 amide bonds. The van der Waals surface area contributed by atoms with Crippen molar-refractivity contribution in [3.8, 4) is 0 Å². The number of amides is 3. The fourth-order valence-electron chi connectivity index (χ4n) is 3.31. The highest BCUT2D eigenvalue weighted by molar-refractivity contribution is 6.30. The summed E-state index contributed by atoms with van der Waals surface area (Å²) < 4.78 is 5.20. The number of ether oxygens (including phenoxy) is 1. The van der Waals surface area contributed by atoms with Crippen molar-refractivity contribution in [2.45, 2.75) is 18.9 Å². The summed E-state index contributed by atoms with van der Waals surface area (Å²) >= 11 is 6.12. The molecule has 3 rings (SSSR count). The lowest BCUT2D eigenvalue weighted by Crippen LogP contribution is -2.48. The largest absolute Gasteiger partial charge is 0.378 e. The van der Waals surface area contributed by atoms with Crippen LogP contribution in [0.4, 0.5) is 4.79 Å². The summed E-state index contributed by atoms with van der Waals surface area (Å²) in [5, 5.41) is 9.00. The maximum Gasteiger partial charge on any atom is 0.319 e. The third-order valence-electron chi connectivity index (χ3n) is 4.64. The number of nitrogens with one attached hydrogen (secondary N) is 3. The summed E-state index contributed by atoms with van der Waals surface area (Å²) in [4.78, 5) is 25.1. The van der Waals surface area contributed by atoms with Gasteiger partial charge in [-0.1, -0.05) is 54.1 Å². The minimum absolute atomic E-state index is 0.122. The maximum atomic E-state index is 13.0. The SMILES string of the molecule is COCC1=C(C(=O)NCCCc2ccccc2)C(c2cccc(Cl)c2)NC(=O)N1. The minimum atomic E-state index is -0.610. The Kier molecular flexibility index (Phi) is 7.27. The van der Waals surface area contributed by atoms with Gasteiger partial charge in [-0.15, -0.1) is 0 Å². The van der Waals surface area contributed by atoms with Crippen LogP contribution in [-0.2, 0) is 16.0 Å². The lowest BCUT2D eigenvalue weighted by Gasteiger charge is -2.29. The summed E-state index contributed by atoms with van der Waals surface area (Å²) in [6, 6.07) is 16.2. The number of aryl methyl sites for hydroxylation is 1. The Morgan fingerprint density at radius 2 is 1.97 bits per heavy atom. The molecule has 152 valence electrons. The van der Waals surface area contributed by atoms with Crippen LogP contribution < -0.4 is 16.0 Å². The topological polar surface area (TPSA) is 79.5 Å². The molecule has 3 N–H and O–H groups in total. The van der Waals surface area contributed by atoms with E-state index in [2.05, 4.69) is 28.1 Å². The third-order valence-corrected chi connectivity index (χ3v) is 4.87. The lowest BCUT2D eigenvalue weighted by molar-refractivity contribution is -0.118. The van der Waals surface area contributed by atoms with Crippen molar-refractivity contribution >= 4 is 23.5 Å². The van der Waals surface area contributed by atoms with Gasteiger partial charge in [-0.2, -0.15) is 0 Å². The van der Waals surface area contributed by atoms with Crippen molar-refractivity contribution in [1.29, 1.82) is 0 Å². The molecule has 0 aromatic heterocycles. The van der Waals surface area contributed by atoms with Gasteiger partial charge in [-0.05, 0) is 36.1 Å². The molecule has 0 fully saturated rings. The van der Waals surface area contributed by atoms with Gasteiger partial charge in [-0.3, -0.25) is 4.79 Å². The first kappa shape index (κ1) is 20.9. The zero-order valence-electron chi connectivity index (χ0n) is 16.2. The van der Waals surface area contributed by atoms with Gasteiger partial charge in [0.05, 0.1) is 23.9 Å². The highest BCUT2D eigenvalue weighted by Crippen LogP contribution is 2.28. The van der Waals surface area contributed by atoms with Crippen molar-refractivity contribution in [2.24, 2.45) is 0 Å². The van der Waals surface area contributed by atoms with Crippen LogP contribution in [0.3, 0.4) is 0 Å². The highest BCUT2D eigenvalue weighted by Gasteiger charge is 2.32. The van der Waals surface area contributed by atoms with Crippen LogP contribution in [0.2, 0.25) is 5.02 Å². The predicted octanol–water partition coefficient (Wildman–Crippen LogP) is 3.34. The van der Waals surface area contributed by atoms with Crippen molar-refractivity contribution < 1.29 is 14.3 Å². The van der Waals surface area contributed by atoms with Crippen LogP contribution in [0.1, 0.15) is 23.6 Å². The van der Waals surface area contributed by atoms with Crippen LogP contribution in [0.5, 0.6) is 0 Å². The molecule has 0 spiro atoms. The van der Waals surface area contributed by atoms with Crippen molar-refractivity contribution in [2.75, 3.05) is 20.3 Å². The van der Waals surface area contributed by atoms with Gasteiger partial charge in [-0.25, -0.2) is 4.79 Å². The van der Waals surface area contributed by atoms with E-state index in [1.807, 2.05) is 24.3 Å². The Morgan fingerprint density at radius 3 is 2.69 bits per heavy atom. The number of hydrogen-bond acceptors (Lipinski definition) is 3. The predicted molar refractivity (Wildman–Crippen MR) is 113 cm³/mol. The molecule has 2 aromatic carbocycles. The van der Waals surface area contributed by atoms with Crippen LogP contribution in [0.15, 0.2) is 65.9 Å². The fraction of sp³-hybridized carbons (Fsp3) is 0.273. The van der Waals surface area contributed by atoms with Crippen LogP contribution >= 0.6 is 11.6 Å². The summed E-state index contributed by atoms with van der Waals surface area (Å²) in [6.45, 7) is 0.644. The third kappa shape index (κ3) is 5.59. The van der Waals surface area contributed by atoms with E-state index in [4.69, 9.17) is 16.3 Å². The summed E-state index contributed by atoms with van der Waals surface area (Å²) in [5.41, 5.74) is 2.83. The molecule has 1 aliphatic heterocycles. The molecule has 6 nitrogen and oxygen atoms in total. The van der Waals surface area contributed by atoms with Gasteiger partial charge < -0.3 is 20.7 Å². The number of carbonyl (C=O) groups is 2. The number of halogens is 1. The molecule has 1 aliphatic rings. The molecular formula is C22H24ClN3O3. The number of methoxy groups -OCH3 is 1. The standard InChI is InChI=1S/C22H24ClN3O3/c1-29-14-18-19(21(27)24-12-6-9-15-7-3-2-4-8-15)20(26-22(28)25-18)16-10-5-11-17(23)13-16/h2-5,7-8,10-11,13,20H,6,9,12,14H2,1H3,(H,24,27)(H2,25,26,28). The van der Waals surface area contributed by atoms with E-state index in [0.717, 1.165) is 18.4 Å². The van der Waals surface area contributed by atoms with Gasteiger partial charge in [0.1, 0.15) is 0 Å². The molecule has 2 aromatic rings. The average molecular weight is 414 g/mol. The number of carbonyl (C=O) groups excluding carboxylic acids is 2. The van der Waals surface area contributed by atoms with Gasteiger partial charge in [0.25, 0.3) is 5.91 Å². The Balaban J connectivity index is 1.75. The first-order valence-electron chi connectivity index (χ1n) is 9.45. The van der Waals surface area contributed by atoms with Gasteiger partial charge in [0, 0.05) is 18.7 Å². The number of hydrogen-bond donors (Lipinski definition) is 3. The summed E-state index contributed by atoms with van der Waals surface area (Å²) in [7, 11) is 1.52. The zero-order chi connectivity index (χ0) is 20.6. The second-order valence-electron chi connectivity index (χ2n) is 6.76. The Labute approximate surface area is 175 Å². The molecule has 1 unspecified atom stereocenters. The van der Waals surface area contributed by atoms with E-state index < -0.39 is 6.04 Å². The first-order valence-corrected chi connectivity index (χ1v) is 9.83. The summed E-state index contributed by atoms with van der Waals surface area (Å²) in [5.74, 6) is -0.248. The van der Waals surface area contributed by atoms with E-state index in [0.29, 0.717) is 22.8 Å². The second-order valence-corrected chi connectivity index (χ2v) is 7.19. The molecule has 7 heteroatoms. The van der Waals surface area contributed by atoms with Crippen molar-refractivity contribution in [1.82, 2.24) is 16.0 Å². The maximum absolute atomic E-state index is 13.0. The highest BCUT2D eigenvalue weighted by atomic mass is 35.5. The van der Waals surface area contributed by atoms with E-state index >= 15 is 0 Å². The smallest absolute Gasteiger partial charge is 0.319 e. The molecule has 0 bridgehead atoms. The molecule has 0 saturated heterocycles. The molecule has 0 saturated carbocycles. The van der Waals surface area contributed by atoms with E-state index in [-0.39, 0.29) is 18.5 Å². The Bertz CT molecular complexity index is 899. The quantitative estimate of drug-likeness (QED) is 0.581. The average Bonchev–Trinajstić information content (AvgIpc) is 2.71. The molecule has 0 aliphatic carbocycles. The normalized spacial score (nSPS) is 16.2. The first-order chi connectivity index (χ1) is 14.1. The monoisotopic (exact) mass is 413 g/mol. The second kappa shape index (κ2) is 10.1. The number of benzene rings is 2. The zero-order valence-corrected chi connectivity index (χ0v) is 17.0. The lowest BCUT2D eigenvalue weighted by atomic mass is 9.94. The van der Waals surface area contributed by atoms with Crippen molar-refractivity contribution in [3.63, 3.8) is 0 Å². The van der Waals surface area contributed by atoms with E-state index in [1.54, 1.807) is 18.2 Å². The molecular weight excluding hydrogens is 390 g/mol. The molecule has 1 atom stereocenters. The Morgan fingerprint density at radius 1 is 1.17 bits per heavy atom. The molecule has 29 heavy (non-hydrogen) atoms. The van der Waals surface area contributed by atoms with Crippen LogP contribution in [-0.4, -0.2) is 32.2 Å². The molecule has 0 radical (unpaired) electrons.